The molecule has 1 aromatic carbocycles. The summed E-state index contributed by atoms with van der Waals surface area (Å²) >= 11 is 0. The Hall–Kier alpha value is -2.41. The van der Waals surface area contributed by atoms with Gasteiger partial charge in [-0.3, -0.25) is 19.3 Å². The first-order valence-electron chi connectivity index (χ1n) is 8.06. The molecule has 3 rings (SSSR count). The number of nitrogens with zero attached hydrogens (tertiary/aromatic N) is 2. The van der Waals surface area contributed by atoms with Gasteiger partial charge in [-0.15, -0.1) is 0 Å². The first-order valence-corrected chi connectivity index (χ1v) is 8.06. The van der Waals surface area contributed by atoms with E-state index in [0.29, 0.717) is 24.5 Å². The Morgan fingerprint density at radius 1 is 1.29 bits per heavy atom. The molecule has 0 saturated carbocycles. The van der Waals surface area contributed by atoms with Crippen molar-refractivity contribution in [2.24, 2.45) is 11.7 Å². The van der Waals surface area contributed by atoms with Gasteiger partial charge in [-0.05, 0) is 31.5 Å². The first-order chi connectivity index (χ1) is 11.5. The van der Waals surface area contributed by atoms with Gasteiger partial charge in [0.2, 0.25) is 11.8 Å². The highest BCUT2D eigenvalue weighted by Crippen LogP contribution is 2.34. The molecule has 3 amide bonds. The van der Waals surface area contributed by atoms with Crippen molar-refractivity contribution in [3.63, 3.8) is 0 Å². The third kappa shape index (κ3) is 2.87. The van der Waals surface area contributed by atoms with E-state index in [0.717, 1.165) is 12.8 Å². The highest BCUT2D eigenvalue weighted by molar-refractivity contribution is 6.23. The lowest BCUT2D eigenvalue weighted by atomic mass is 9.96. The average molecular weight is 331 g/mol. The van der Waals surface area contributed by atoms with Crippen LogP contribution in [-0.4, -0.2) is 48.9 Å². The number of hydrogen-bond donors (Lipinski definition) is 1. The van der Waals surface area contributed by atoms with E-state index in [9.17, 15) is 14.4 Å². The number of hydrogen-bond acceptors (Lipinski definition) is 5. The molecule has 7 heteroatoms. The molecule has 1 aromatic rings. The first kappa shape index (κ1) is 16.4. The average Bonchev–Trinajstić information content (AvgIpc) is 2.89. The van der Waals surface area contributed by atoms with E-state index in [2.05, 4.69) is 0 Å². The van der Waals surface area contributed by atoms with Crippen molar-refractivity contribution in [3.8, 4) is 5.75 Å². The predicted octanol–water partition coefficient (Wildman–Crippen LogP) is 0.524. The van der Waals surface area contributed by atoms with Gasteiger partial charge in [0.15, 0.2) is 0 Å². The second-order valence-electron chi connectivity index (χ2n) is 6.20. The molecule has 2 unspecified atom stereocenters. The fourth-order valence-corrected chi connectivity index (χ4v) is 3.49. The number of ether oxygens (including phenoxy) is 1. The molecule has 24 heavy (non-hydrogen) atoms. The van der Waals surface area contributed by atoms with Crippen LogP contribution >= 0.6 is 0 Å². The zero-order valence-corrected chi connectivity index (χ0v) is 13.6. The van der Waals surface area contributed by atoms with Gasteiger partial charge in [0.05, 0.1) is 31.2 Å². The molecular weight excluding hydrogens is 310 g/mol. The Kier molecular flexibility index (Phi) is 4.53. The molecule has 0 aliphatic carbocycles. The molecule has 0 radical (unpaired) electrons. The van der Waals surface area contributed by atoms with E-state index in [-0.39, 0.29) is 30.1 Å². The van der Waals surface area contributed by atoms with E-state index in [4.69, 9.17) is 10.5 Å². The number of para-hydroxylation sites is 2. The normalized spacial score (nSPS) is 25.1. The van der Waals surface area contributed by atoms with Crippen LogP contribution in [-0.2, 0) is 14.4 Å². The maximum Gasteiger partial charge on any atom is 0.251 e. The van der Waals surface area contributed by atoms with Crippen LogP contribution in [0.1, 0.15) is 19.3 Å². The molecule has 2 aliphatic heterocycles. The van der Waals surface area contributed by atoms with Crippen LogP contribution < -0.4 is 15.4 Å². The van der Waals surface area contributed by atoms with Crippen LogP contribution in [0.2, 0.25) is 0 Å². The van der Waals surface area contributed by atoms with E-state index in [1.807, 2.05) is 4.90 Å². The fourth-order valence-electron chi connectivity index (χ4n) is 3.49. The Bertz CT molecular complexity index is 676. The van der Waals surface area contributed by atoms with Gasteiger partial charge in [0.25, 0.3) is 5.91 Å². The summed E-state index contributed by atoms with van der Waals surface area (Å²) in [6.45, 7) is 1.12. The number of piperidine rings is 1. The Morgan fingerprint density at radius 3 is 2.75 bits per heavy atom. The number of primary amides is 1. The number of rotatable bonds is 4. The van der Waals surface area contributed by atoms with Crippen LogP contribution in [0.15, 0.2) is 24.3 Å². The minimum atomic E-state index is -0.537. The summed E-state index contributed by atoms with van der Waals surface area (Å²) in [6, 6.07) is 6.42. The molecular formula is C17H21N3O4. The lowest BCUT2D eigenvalue weighted by molar-refractivity contribution is -0.127. The SMILES string of the molecule is COc1ccccc1N1C(=O)CC(N2CCCC(C(N)=O)C2)C1=O. The fraction of sp³-hybridized carbons (Fsp3) is 0.471. The molecule has 7 nitrogen and oxygen atoms in total. The van der Waals surface area contributed by atoms with E-state index >= 15 is 0 Å². The van der Waals surface area contributed by atoms with E-state index in [1.54, 1.807) is 24.3 Å². The number of anilines is 1. The maximum atomic E-state index is 12.9. The summed E-state index contributed by atoms with van der Waals surface area (Å²) in [7, 11) is 1.50. The molecule has 0 spiro atoms. The van der Waals surface area contributed by atoms with Gasteiger partial charge in [-0.2, -0.15) is 0 Å². The number of likely N-dealkylation sites (tertiary alicyclic amines) is 1. The smallest absolute Gasteiger partial charge is 0.251 e. The van der Waals surface area contributed by atoms with E-state index < -0.39 is 6.04 Å². The number of methoxy groups -OCH3 is 1. The maximum absolute atomic E-state index is 12.9. The third-order valence-electron chi connectivity index (χ3n) is 4.74. The molecule has 0 aromatic heterocycles. The standard InChI is InChI=1S/C17H21N3O4/c1-24-14-7-3-2-6-12(14)20-15(21)9-13(17(20)23)19-8-4-5-11(10-19)16(18)22/h2-3,6-7,11,13H,4-5,8-10H2,1H3,(H2,18,22). The molecule has 2 saturated heterocycles. The summed E-state index contributed by atoms with van der Waals surface area (Å²) < 4.78 is 5.26. The number of imide groups is 1. The Labute approximate surface area is 140 Å². The molecule has 2 atom stereocenters. The minimum absolute atomic E-state index is 0.113. The molecule has 2 fully saturated rings. The zero-order chi connectivity index (χ0) is 17.3. The summed E-state index contributed by atoms with van der Waals surface area (Å²) in [5, 5.41) is 0. The quantitative estimate of drug-likeness (QED) is 0.812. The second-order valence-corrected chi connectivity index (χ2v) is 6.20. The molecule has 2 aliphatic rings. The van der Waals surface area contributed by atoms with E-state index in [1.165, 1.54) is 12.0 Å². The predicted molar refractivity (Wildman–Crippen MR) is 87.4 cm³/mol. The number of amides is 3. The summed E-state index contributed by atoms with van der Waals surface area (Å²) in [5.41, 5.74) is 5.86. The summed E-state index contributed by atoms with van der Waals surface area (Å²) in [5.74, 6) is -0.654. The minimum Gasteiger partial charge on any atom is -0.495 e. The lowest BCUT2D eigenvalue weighted by Crippen LogP contribution is -2.49. The van der Waals surface area contributed by atoms with Crippen molar-refractivity contribution in [1.29, 1.82) is 0 Å². The van der Waals surface area contributed by atoms with Crippen LogP contribution in [0, 0.1) is 5.92 Å². The van der Waals surface area contributed by atoms with Crippen LogP contribution in [0.4, 0.5) is 5.69 Å². The summed E-state index contributed by atoms with van der Waals surface area (Å²) in [6.07, 6.45) is 1.64. The van der Waals surface area contributed by atoms with Gasteiger partial charge < -0.3 is 10.5 Å². The topological polar surface area (TPSA) is 92.9 Å². The van der Waals surface area contributed by atoms with Gasteiger partial charge in [0, 0.05) is 6.54 Å². The lowest BCUT2D eigenvalue weighted by Gasteiger charge is -2.34. The number of carbonyl (C=O) groups is 3. The van der Waals surface area contributed by atoms with Crippen molar-refractivity contribution in [1.82, 2.24) is 4.90 Å². The highest BCUT2D eigenvalue weighted by atomic mass is 16.5. The van der Waals surface area contributed by atoms with Crippen molar-refractivity contribution in [2.75, 3.05) is 25.1 Å². The molecule has 2 N–H and O–H groups in total. The van der Waals surface area contributed by atoms with Crippen molar-refractivity contribution in [3.05, 3.63) is 24.3 Å². The second kappa shape index (κ2) is 6.60. The van der Waals surface area contributed by atoms with Crippen molar-refractivity contribution < 1.29 is 19.1 Å². The van der Waals surface area contributed by atoms with Crippen LogP contribution in [0.5, 0.6) is 5.75 Å². The van der Waals surface area contributed by atoms with Crippen molar-refractivity contribution >= 4 is 23.4 Å². The monoisotopic (exact) mass is 331 g/mol. The third-order valence-corrected chi connectivity index (χ3v) is 4.74. The van der Waals surface area contributed by atoms with Gasteiger partial charge in [-0.25, -0.2) is 4.90 Å². The Morgan fingerprint density at radius 2 is 2.04 bits per heavy atom. The number of benzene rings is 1. The van der Waals surface area contributed by atoms with Crippen molar-refractivity contribution in [2.45, 2.75) is 25.3 Å². The van der Waals surface area contributed by atoms with Crippen LogP contribution in [0.3, 0.4) is 0 Å². The van der Waals surface area contributed by atoms with Gasteiger partial charge in [0.1, 0.15) is 5.75 Å². The largest absolute Gasteiger partial charge is 0.495 e. The Balaban J connectivity index is 1.83. The molecule has 128 valence electrons. The molecule has 0 bridgehead atoms. The van der Waals surface area contributed by atoms with Crippen LogP contribution in [0.25, 0.3) is 0 Å². The number of nitrogens with two attached hydrogens (primary N) is 1. The zero-order valence-electron chi connectivity index (χ0n) is 13.6. The van der Waals surface area contributed by atoms with Gasteiger partial charge in [-0.1, -0.05) is 12.1 Å². The summed E-state index contributed by atoms with van der Waals surface area (Å²) in [4.78, 5) is 39.9. The number of carbonyl (C=O) groups excluding carboxylic acids is 3. The van der Waals surface area contributed by atoms with Gasteiger partial charge >= 0.3 is 0 Å². The molecule has 2 heterocycles. The highest BCUT2D eigenvalue weighted by Gasteiger charge is 2.44.